The smallest absolute Gasteiger partial charge is 0.220 e. The Labute approximate surface area is 156 Å². The fourth-order valence-corrected chi connectivity index (χ4v) is 3.68. The lowest BCUT2D eigenvalue weighted by Crippen LogP contribution is -2.53. The van der Waals surface area contributed by atoms with Crippen LogP contribution in [0.15, 0.2) is 41.2 Å². The minimum atomic E-state index is -0.615. The standard InChI is InChI=1S/C19H23N3O3S/c23-17(14-4-2-1-3-5-14)6-7-19(25)21-16-8-9-22(11-18(16)24)10-15-12-26-13-20-15/h1-5,12-13,16,18,24H,6-11H2,(H,21,25)/t16-,18-/m1/s1. The number of β-amino-alcohol motifs (C(OH)–C–C–N with tert-alkyl or cyclic N) is 1. The van der Waals surface area contributed by atoms with Crippen molar-refractivity contribution in [1.82, 2.24) is 15.2 Å². The molecular weight excluding hydrogens is 350 g/mol. The number of nitrogens with zero attached hydrogens (tertiary/aromatic N) is 2. The number of nitrogens with one attached hydrogen (secondary N) is 1. The predicted octanol–water partition coefficient (Wildman–Crippen LogP) is 1.86. The molecule has 1 amide bonds. The molecule has 0 aliphatic carbocycles. The number of ketones is 1. The van der Waals surface area contributed by atoms with Gasteiger partial charge in [-0.15, -0.1) is 11.3 Å². The number of hydrogen-bond acceptors (Lipinski definition) is 6. The van der Waals surface area contributed by atoms with Crippen molar-refractivity contribution < 1.29 is 14.7 Å². The average molecular weight is 373 g/mol. The lowest BCUT2D eigenvalue weighted by Gasteiger charge is -2.35. The van der Waals surface area contributed by atoms with Crippen molar-refractivity contribution in [2.45, 2.75) is 38.0 Å². The predicted molar refractivity (Wildman–Crippen MR) is 100.0 cm³/mol. The van der Waals surface area contributed by atoms with E-state index in [2.05, 4.69) is 15.2 Å². The second-order valence-corrected chi connectivity index (χ2v) is 7.25. The van der Waals surface area contributed by atoms with Gasteiger partial charge in [0, 0.05) is 43.4 Å². The molecule has 0 saturated carbocycles. The number of aliphatic hydroxyl groups excluding tert-OH is 1. The van der Waals surface area contributed by atoms with Gasteiger partial charge in [-0.2, -0.15) is 0 Å². The highest BCUT2D eigenvalue weighted by Crippen LogP contribution is 2.15. The molecular formula is C19H23N3O3S. The molecule has 2 heterocycles. The second-order valence-electron chi connectivity index (χ2n) is 6.53. The molecule has 0 spiro atoms. The van der Waals surface area contributed by atoms with Crippen LogP contribution in [0.1, 0.15) is 35.3 Å². The minimum Gasteiger partial charge on any atom is -0.390 e. The van der Waals surface area contributed by atoms with Crippen molar-refractivity contribution in [1.29, 1.82) is 0 Å². The zero-order chi connectivity index (χ0) is 18.4. The molecule has 7 heteroatoms. The maximum Gasteiger partial charge on any atom is 0.220 e. The van der Waals surface area contributed by atoms with Gasteiger partial charge in [0.2, 0.25) is 5.91 Å². The Balaban J connectivity index is 1.41. The Morgan fingerprint density at radius 3 is 2.77 bits per heavy atom. The lowest BCUT2D eigenvalue weighted by atomic mass is 10.0. The molecule has 1 aromatic carbocycles. The van der Waals surface area contributed by atoms with Gasteiger partial charge in [-0.05, 0) is 6.42 Å². The molecule has 138 valence electrons. The molecule has 1 saturated heterocycles. The number of Topliss-reactive ketones (excluding diaryl/α,β-unsaturated/α-hetero) is 1. The van der Waals surface area contributed by atoms with Crippen molar-refractivity contribution in [2.75, 3.05) is 13.1 Å². The quantitative estimate of drug-likeness (QED) is 0.724. The molecule has 3 rings (SSSR count). The van der Waals surface area contributed by atoms with E-state index < -0.39 is 6.10 Å². The van der Waals surface area contributed by atoms with E-state index in [0.29, 0.717) is 25.1 Å². The molecule has 0 bridgehead atoms. The Kier molecular flexibility index (Phi) is 6.49. The lowest BCUT2D eigenvalue weighted by molar-refractivity contribution is -0.123. The van der Waals surface area contributed by atoms with E-state index in [1.165, 1.54) is 0 Å². The third-order valence-electron chi connectivity index (χ3n) is 4.56. The van der Waals surface area contributed by atoms with Crippen LogP contribution in [-0.4, -0.2) is 51.9 Å². The van der Waals surface area contributed by atoms with Gasteiger partial charge in [-0.25, -0.2) is 4.98 Å². The van der Waals surface area contributed by atoms with Crippen LogP contribution in [0.25, 0.3) is 0 Å². The topological polar surface area (TPSA) is 82.5 Å². The van der Waals surface area contributed by atoms with Crippen molar-refractivity contribution >= 4 is 23.0 Å². The summed E-state index contributed by atoms with van der Waals surface area (Å²) in [4.78, 5) is 30.6. The van der Waals surface area contributed by atoms with Gasteiger partial charge in [-0.3, -0.25) is 14.5 Å². The van der Waals surface area contributed by atoms with Crippen molar-refractivity contribution in [3.63, 3.8) is 0 Å². The van der Waals surface area contributed by atoms with Crippen LogP contribution in [0, 0.1) is 0 Å². The molecule has 0 unspecified atom stereocenters. The number of aromatic nitrogens is 1. The highest BCUT2D eigenvalue weighted by atomic mass is 32.1. The summed E-state index contributed by atoms with van der Waals surface area (Å²) in [5.74, 6) is -0.231. The molecule has 2 atom stereocenters. The normalized spacial score (nSPS) is 20.7. The number of likely N-dealkylation sites (tertiary alicyclic amines) is 1. The van der Waals surface area contributed by atoms with E-state index in [9.17, 15) is 14.7 Å². The van der Waals surface area contributed by atoms with E-state index in [1.807, 2.05) is 23.6 Å². The molecule has 6 nitrogen and oxygen atoms in total. The summed E-state index contributed by atoms with van der Waals surface area (Å²) < 4.78 is 0. The van der Waals surface area contributed by atoms with Crippen molar-refractivity contribution in [3.05, 3.63) is 52.5 Å². The molecule has 2 aromatic rings. The number of carbonyl (C=O) groups excluding carboxylic acids is 2. The fraction of sp³-hybridized carbons (Fsp3) is 0.421. The maximum atomic E-state index is 12.1. The van der Waals surface area contributed by atoms with E-state index in [0.717, 1.165) is 12.2 Å². The summed E-state index contributed by atoms with van der Waals surface area (Å²) in [5, 5.41) is 15.2. The summed E-state index contributed by atoms with van der Waals surface area (Å²) in [7, 11) is 0. The number of piperidine rings is 1. The number of benzene rings is 1. The van der Waals surface area contributed by atoms with E-state index in [-0.39, 0.29) is 30.6 Å². The zero-order valence-corrected chi connectivity index (χ0v) is 15.3. The van der Waals surface area contributed by atoms with Crippen LogP contribution >= 0.6 is 11.3 Å². The Bertz CT molecular complexity index is 721. The summed E-state index contributed by atoms with van der Waals surface area (Å²) in [6, 6.07) is 8.71. The van der Waals surface area contributed by atoms with Gasteiger partial charge in [0.25, 0.3) is 0 Å². The summed E-state index contributed by atoms with van der Waals surface area (Å²) in [6.07, 6.45) is 0.383. The molecule has 26 heavy (non-hydrogen) atoms. The number of thiazole rings is 1. The largest absolute Gasteiger partial charge is 0.390 e. The van der Waals surface area contributed by atoms with Crippen molar-refractivity contribution in [3.8, 4) is 0 Å². The highest BCUT2D eigenvalue weighted by Gasteiger charge is 2.29. The maximum absolute atomic E-state index is 12.1. The first-order chi connectivity index (χ1) is 12.6. The molecule has 1 aliphatic rings. The van der Waals surface area contributed by atoms with Gasteiger partial charge in [-0.1, -0.05) is 30.3 Å². The Morgan fingerprint density at radius 2 is 2.08 bits per heavy atom. The summed E-state index contributed by atoms with van der Waals surface area (Å²) >= 11 is 1.56. The number of rotatable bonds is 7. The number of hydrogen-bond donors (Lipinski definition) is 2. The minimum absolute atomic E-state index is 0.0422. The van der Waals surface area contributed by atoms with Crippen LogP contribution in [0.2, 0.25) is 0 Å². The highest BCUT2D eigenvalue weighted by molar-refractivity contribution is 7.07. The van der Waals surface area contributed by atoms with Gasteiger partial charge in [0.1, 0.15) is 0 Å². The van der Waals surface area contributed by atoms with E-state index >= 15 is 0 Å². The van der Waals surface area contributed by atoms with E-state index in [4.69, 9.17) is 0 Å². The van der Waals surface area contributed by atoms with Crippen LogP contribution in [0.4, 0.5) is 0 Å². The monoisotopic (exact) mass is 373 g/mol. The summed E-state index contributed by atoms with van der Waals surface area (Å²) in [6.45, 7) is 2.01. The van der Waals surface area contributed by atoms with Crippen LogP contribution in [0.3, 0.4) is 0 Å². The first-order valence-electron chi connectivity index (χ1n) is 8.77. The number of amides is 1. The van der Waals surface area contributed by atoms with Gasteiger partial charge in [0.05, 0.1) is 23.4 Å². The van der Waals surface area contributed by atoms with Crippen LogP contribution < -0.4 is 5.32 Å². The van der Waals surface area contributed by atoms with Gasteiger partial charge >= 0.3 is 0 Å². The van der Waals surface area contributed by atoms with Crippen molar-refractivity contribution in [2.24, 2.45) is 0 Å². The van der Waals surface area contributed by atoms with Crippen LogP contribution in [-0.2, 0) is 11.3 Å². The fourth-order valence-electron chi connectivity index (χ4n) is 3.13. The van der Waals surface area contributed by atoms with Crippen LogP contribution in [0.5, 0.6) is 0 Å². The first-order valence-corrected chi connectivity index (χ1v) is 9.71. The molecule has 1 aliphatic heterocycles. The number of aliphatic hydroxyl groups is 1. The third kappa shape index (κ3) is 5.20. The molecule has 0 radical (unpaired) electrons. The molecule has 1 fully saturated rings. The number of carbonyl (C=O) groups is 2. The Hall–Kier alpha value is -2.09. The van der Waals surface area contributed by atoms with Gasteiger partial charge in [0.15, 0.2) is 5.78 Å². The van der Waals surface area contributed by atoms with E-state index in [1.54, 1.807) is 29.0 Å². The molecule has 2 N–H and O–H groups in total. The Morgan fingerprint density at radius 1 is 1.27 bits per heavy atom. The third-order valence-corrected chi connectivity index (χ3v) is 5.19. The first kappa shape index (κ1) is 18.7. The average Bonchev–Trinajstić information content (AvgIpc) is 3.16. The molecule has 1 aromatic heterocycles. The van der Waals surface area contributed by atoms with Gasteiger partial charge < -0.3 is 10.4 Å². The SMILES string of the molecule is O=C(CCC(=O)c1ccccc1)N[C@@H]1CCN(Cc2cscn2)C[C@H]1O. The zero-order valence-electron chi connectivity index (χ0n) is 14.5. The summed E-state index contributed by atoms with van der Waals surface area (Å²) in [5.41, 5.74) is 3.43. The second kappa shape index (κ2) is 9.02.